The van der Waals surface area contributed by atoms with Gasteiger partial charge in [-0.25, -0.2) is 0 Å². The Kier molecular flexibility index (Phi) is 21.6. The highest BCUT2D eigenvalue weighted by atomic mass is 15.4. The number of rotatable bonds is 30. The second-order valence-electron chi connectivity index (χ2n) is 18.8. The van der Waals surface area contributed by atoms with Gasteiger partial charge in [-0.15, -0.1) is 0 Å². The third-order valence-corrected chi connectivity index (χ3v) is 12.7. The van der Waals surface area contributed by atoms with Crippen molar-refractivity contribution in [1.29, 1.82) is 0 Å². The molecule has 1 aliphatic heterocycles. The summed E-state index contributed by atoms with van der Waals surface area (Å²) in [6.07, 6.45) is 3.79. The molecule has 4 aromatic carbocycles. The first-order valence-corrected chi connectivity index (χ1v) is 26.4. The highest BCUT2D eigenvalue weighted by Crippen LogP contribution is 2.31. The van der Waals surface area contributed by atoms with Crippen LogP contribution in [0, 0.1) is 0 Å². The predicted octanol–water partition coefficient (Wildman–Crippen LogP) is 2.10. The molecule has 1 aliphatic rings. The van der Waals surface area contributed by atoms with E-state index in [-0.39, 0.29) is 35.9 Å². The van der Waals surface area contributed by atoms with Crippen molar-refractivity contribution in [2.24, 2.45) is 65.8 Å². The molecule has 412 valence electrons. The Labute approximate surface area is 456 Å². The van der Waals surface area contributed by atoms with Gasteiger partial charge in [-0.05, 0) is 60.8 Å². The Morgan fingerprint density at radius 3 is 1.00 bits per heavy atom. The highest BCUT2D eigenvalue weighted by molar-refractivity contribution is 5.76. The number of piperazine rings is 1. The summed E-state index contributed by atoms with van der Waals surface area (Å²) < 4.78 is 0. The van der Waals surface area contributed by atoms with Crippen LogP contribution in [0.25, 0.3) is 0 Å². The number of nitrogens with zero attached hydrogens (tertiary/aromatic N) is 14. The van der Waals surface area contributed by atoms with E-state index in [4.69, 9.17) is 75.8 Å². The zero-order chi connectivity index (χ0) is 54.9. The maximum atomic E-state index is 5.74. The molecule has 6 aromatic rings. The van der Waals surface area contributed by atoms with Crippen molar-refractivity contribution in [3.63, 3.8) is 0 Å². The van der Waals surface area contributed by atoms with Crippen molar-refractivity contribution in [2.75, 3.05) is 95.7 Å². The van der Waals surface area contributed by atoms with Crippen LogP contribution in [0.3, 0.4) is 0 Å². The van der Waals surface area contributed by atoms with Crippen LogP contribution in [-0.4, -0.2) is 131 Å². The SMILES string of the molecule is NC(N)=NCCCN(CCCN=C(N)N)c1nc(NCc2ccccc2)nc(N2CC(Cc3ccccc3)N(c3nc(NCc4ccccc4)nc(N(CCCN=C(N)N)CCCN=C(N)N)n3)CC2Cc2ccccc2)n1. The van der Waals surface area contributed by atoms with Crippen molar-refractivity contribution >= 4 is 59.5 Å². The fraction of sp³-hybridized carbons (Fsp3) is 0.370. The van der Waals surface area contributed by atoms with Crippen molar-refractivity contribution < 1.29 is 0 Å². The van der Waals surface area contributed by atoms with E-state index < -0.39 is 0 Å². The van der Waals surface area contributed by atoms with E-state index in [9.17, 15) is 0 Å². The Hall–Kier alpha value is -9.22. The molecular weight excluding hydrogens is 985 g/mol. The van der Waals surface area contributed by atoms with Gasteiger partial charge in [-0.1, -0.05) is 121 Å². The van der Waals surface area contributed by atoms with Crippen LogP contribution in [0.2, 0.25) is 0 Å². The molecular formula is C54H76N24. The van der Waals surface area contributed by atoms with E-state index in [2.05, 4.69) is 123 Å². The lowest BCUT2D eigenvalue weighted by molar-refractivity contribution is 0.427. The van der Waals surface area contributed by atoms with Crippen LogP contribution in [0.1, 0.15) is 47.9 Å². The molecule has 1 saturated heterocycles. The van der Waals surface area contributed by atoms with Crippen molar-refractivity contribution in [3.05, 3.63) is 144 Å². The van der Waals surface area contributed by atoms with Crippen LogP contribution >= 0.6 is 0 Å². The maximum Gasteiger partial charge on any atom is 0.232 e. The fourth-order valence-corrected chi connectivity index (χ4v) is 9.02. The van der Waals surface area contributed by atoms with Crippen molar-refractivity contribution in [3.8, 4) is 0 Å². The summed E-state index contributed by atoms with van der Waals surface area (Å²) >= 11 is 0. The molecule has 3 heterocycles. The van der Waals surface area contributed by atoms with Gasteiger partial charge in [0.15, 0.2) is 23.8 Å². The van der Waals surface area contributed by atoms with E-state index in [1.165, 1.54) is 0 Å². The Morgan fingerprint density at radius 2 is 0.705 bits per heavy atom. The highest BCUT2D eigenvalue weighted by Gasteiger charge is 2.38. The van der Waals surface area contributed by atoms with Gasteiger partial charge in [0.25, 0.3) is 0 Å². The Morgan fingerprint density at radius 1 is 0.410 bits per heavy atom. The predicted molar refractivity (Wildman–Crippen MR) is 315 cm³/mol. The van der Waals surface area contributed by atoms with E-state index in [1.54, 1.807) is 0 Å². The summed E-state index contributed by atoms with van der Waals surface area (Å²) in [6, 6.07) is 40.8. The van der Waals surface area contributed by atoms with Crippen LogP contribution in [0.15, 0.2) is 141 Å². The number of nitrogens with one attached hydrogen (secondary N) is 2. The molecule has 24 nitrogen and oxygen atoms in total. The topological polar surface area (TPSA) is 372 Å². The number of hydrogen-bond acceptors (Lipinski definition) is 16. The lowest BCUT2D eigenvalue weighted by Gasteiger charge is -2.47. The number of aliphatic imine (C=N–C) groups is 4. The molecule has 0 saturated carbocycles. The fourth-order valence-electron chi connectivity index (χ4n) is 9.02. The van der Waals surface area contributed by atoms with Gasteiger partial charge in [0.1, 0.15) is 0 Å². The molecule has 0 spiro atoms. The van der Waals surface area contributed by atoms with E-state index in [0.717, 1.165) is 22.3 Å². The molecule has 0 amide bonds. The molecule has 24 heteroatoms. The lowest BCUT2D eigenvalue weighted by Crippen LogP contribution is -2.61. The molecule has 0 radical (unpaired) electrons. The molecule has 2 atom stereocenters. The summed E-state index contributed by atoms with van der Waals surface area (Å²) in [7, 11) is 0. The average Bonchev–Trinajstić information content (AvgIpc) is 3.51. The normalized spacial score (nSPS) is 13.9. The molecule has 18 N–H and O–H groups in total. The number of benzene rings is 4. The number of aromatic nitrogens is 6. The summed E-state index contributed by atoms with van der Waals surface area (Å²) in [4.78, 5) is 57.3. The van der Waals surface area contributed by atoms with Gasteiger partial charge in [-0.2, -0.15) is 29.9 Å². The molecule has 1 fully saturated rings. The minimum absolute atomic E-state index is 0.0298. The molecule has 0 bridgehead atoms. The zero-order valence-corrected chi connectivity index (χ0v) is 44.3. The van der Waals surface area contributed by atoms with Crippen molar-refractivity contribution in [2.45, 2.75) is 63.7 Å². The molecule has 2 aromatic heterocycles. The van der Waals surface area contributed by atoms with E-state index in [0.29, 0.717) is 153 Å². The summed E-state index contributed by atoms with van der Waals surface area (Å²) in [5.74, 6) is 2.98. The quantitative estimate of drug-likeness (QED) is 0.0175. The van der Waals surface area contributed by atoms with Gasteiger partial charge in [0, 0.05) is 78.5 Å². The summed E-state index contributed by atoms with van der Waals surface area (Å²) in [5.41, 5.74) is 50.3. The second-order valence-corrected chi connectivity index (χ2v) is 18.8. The van der Waals surface area contributed by atoms with Crippen LogP contribution in [0.4, 0.5) is 35.7 Å². The number of nitrogens with two attached hydrogens (primary N) is 8. The molecule has 7 rings (SSSR count). The lowest BCUT2D eigenvalue weighted by atomic mass is 9.96. The first-order valence-electron chi connectivity index (χ1n) is 26.4. The first kappa shape index (κ1) is 56.5. The second kappa shape index (κ2) is 29.8. The summed E-state index contributed by atoms with van der Waals surface area (Å²) in [5, 5.41) is 7.06. The van der Waals surface area contributed by atoms with Gasteiger partial charge in [-0.3, -0.25) is 20.0 Å². The van der Waals surface area contributed by atoms with Gasteiger partial charge >= 0.3 is 0 Å². The third kappa shape index (κ3) is 18.6. The number of hydrogen-bond donors (Lipinski definition) is 10. The smallest absolute Gasteiger partial charge is 0.232 e. The number of guanidine groups is 4. The third-order valence-electron chi connectivity index (χ3n) is 12.7. The Balaban J connectivity index is 1.35. The van der Waals surface area contributed by atoms with Crippen LogP contribution in [0.5, 0.6) is 0 Å². The zero-order valence-electron chi connectivity index (χ0n) is 44.3. The van der Waals surface area contributed by atoms with Crippen LogP contribution < -0.4 is 76.1 Å². The monoisotopic (exact) mass is 1060 g/mol. The standard InChI is InChI=1S/C54H76N24/c55-45(56)63-25-13-29-75(30-14-26-64-46(57)58)51-69-49(67-35-41-21-9-3-10-22-41)71-53(73-51)77-38-44(34-40-19-7-2-8-20-40)78(37-43(77)33-39-17-5-1-6-18-39)54-72-50(68-36-42-23-11-4-12-24-42)70-52(74-54)76(31-15-27-65-47(59)60)32-16-28-66-48(61)62/h1-12,17-24,43-44H,13-16,25-38H2,(H4,55,56,63)(H4,57,58,64)(H4,59,60,65)(H4,61,62,66)(H,67,69,71,73)(H,68,70,72,74). The first-order chi connectivity index (χ1) is 37.9. The van der Waals surface area contributed by atoms with E-state index in [1.807, 2.05) is 48.5 Å². The minimum atomic E-state index is -0.204. The van der Waals surface area contributed by atoms with E-state index >= 15 is 0 Å². The molecule has 78 heavy (non-hydrogen) atoms. The molecule has 0 aliphatic carbocycles. The largest absolute Gasteiger partial charge is 0.370 e. The van der Waals surface area contributed by atoms with Crippen LogP contribution in [-0.2, 0) is 25.9 Å². The maximum absolute atomic E-state index is 5.74. The minimum Gasteiger partial charge on any atom is -0.370 e. The van der Waals surface area contributed by atoms with Crippen molar-refractivity contribution in [1.82, 2.24) is 29.9 Å². The molecule has 2 unspecified atom stereocenters. The van der Waals surface area contributed by atoms with Gasteiger partial charge < -0.3 is 76.1 Å². The van der Waals surface area contributed by atoms with Gasteiger partial charge in [0.2, 0.25) is 35.7 Å². The number of anilines is 6. The average molecular weight is 1060 g/mol. The van der Waals surface area contributed by atoms with Gasteiger partial charge in [0.05, 0.1) is 12.1 Å². The summed E-state index contributed by atoms with van der Waals surface area (Å²) in [6.45, 7) is 5.78. The Bertz CT molecular complexity index is 2590.